The molecule has 1 N–H and O–H groups in total. The van der Waals surface area contributed by atoms with Gasteiger partial charge in [0.25, 0.3) is 0 Å². The lowest BCUT2D eigenvalue weighted by atomic mass is 10.0. The smallest absolute Gasteiger partial charge is 0.347 e. The highest BCUT2D eigenvalue weighted by Gasteiger charge is 2.28. The van der Waals surface area contributed by atoms with E-state index in [0.29, 0.717) is 24.7 Å². The molecule has 29 heavy (non-hydrogen) atoms. The number of ether oxygens (including phenoxy) is 2. The molecule has 0 bridgehead atoms. The molecule has 1 atom stereocenters. The lowest BCUT2D eigenvalue weighted by molar-refractivity contribution is -0.146. The maximum atomic E-state index is 12.8. The number of esters is 2. The summed E-state index contributed by atoms with van der Waals surface area (Å²) in [5.74, 6) is -1.25. The molecule has 8 nitrogen and oxygen atoms in total. The van der Waals surface area contributed by atoms with E-state index in [9.17, 15) is 18.0 Å². The Labute approximate surface area is 171 Å². The van der Waals surface area contributed by atoms with Crippen LogP contribution >= 0.6 is 0 Å². The number of hydrogen-bond acceptors (Lipinski definition) is 7. The van der Waals surface area contributed by atoms with Crippen molar-refractivity contribution in [2.45, 2.75) is 38.5 Å². The Kier molecular flexibility index (Phi) is 8.21. The normalized spacial score (nSPS) is 17.3. The summed E-state index contributed by atoms with van der Waals surface area (Å²) in [7, 11) is -3.54. The topological polar surface area (TPSA) is 102 Å². The number of carbonyl (C=O) groups is 2. The predicted octanol–water partition coefficient (Wildman–Crippen LogP) is 2.53. The van der Waals surface area contributed by atoms with Gasteiger partial charge in [0.05, 0.1) is 18.1 Å². The van der Waals surface area contributed by atoms with E-state index in [-0.39, 0.29) is 23.7 Å². The molecule has 1 aromatic rings. The standard InChI is InChI=1S/C20H28N2O6S/c1-4-27-19(23)18(20(24)28-5-2)13-21-16-8-10-17(11-9-16)29(25,26)22-12-6-7-15(3)14-22/h8-11,13,15,21H,4-7,12,14H2,1-3H3/t15-/m1/s1. The fourth-order valence-corrected chi connectivity index (χ4v) is 4.61. The van der Waals surface area contributed by atoms with Crippen LogP contribution in [0.25, 0.3) is 0 Å². The minimum Gasteiger partial charge on any atom is -0.462 e. The van der Waals surface area contributed by atoms with Gasteiger partial charge in [-0.25, -0.2) is 18.0 Å². The van der Waals surface area contributed by atoms with Crippen molar-refractivity contribution < 1.29 is 27.5 Å². The molecule has 0 aromatic heterocycles. The van der Waals surface area contributed by atoms with Gasteiger partial charge in [-0.3, -0.25) is 0 Å². The molecule has 0 spiro atoms. The highest BCUT2D eigenvalue weighted by molar-refractivity contribution is 7.89. The Morgan fingerprint density at radius 1 is 1.14 bits per heavy atom. The molecule has 1 saturated heterocycles. The van der Waals surface area contributed by atoms with Gasteiger partial charge in [0.15, 0.2) is 5.57 Å². The minimum atomic E-state index is -3.54. The molecular weight excluding hydrogens is 396 g/mol. The van der Waals surface area contributed by atoms with E-state index < -0.39 is 22.0 Å². The zero-order chi connectivity index (χ0) is 21.4. The van der Waals surface area contributed by atoms with Crippen molar-refractivity contribution in [2.24, 2.45) is 5.92 Å². The summed E-state index contributed by atoms with van der Waals surface area (Å²) in [5, 5.41) is 2.82. The van der Waals surface area contributed by atoms with Crippen LogP contribution in [0.3, 0.4) is 0 Å². The Morgan fingerprint density at radius 2 is 1.72 bits per heavy atom. The number of carbonyl (C=O) groups excluding carboxylic acids is 2. The largest absolute Gasteiger partial charge is 0.462 e. The van der Waals surface area contributed by atoms with Crippen LogP contribution in [0.2, 0.25) is 0 Å². The van der Waals surface area contributed by atoms with E-state index in [0.717, 1.165) is 12.8 Å². The maximum absolute atomic E-state index is 12.8. The monoisotopic (exact) mass is 424 g/mol. The second kappa shape index (κ2) is 10.4. The van der Waals surface area contributed by atoms with Gasteiger partial charge in [0, 0.05) is 25.0 Å². The molecular formula is C20H28N2O6S. The Bertz CT molecular complexity index is 828. The average molecular weight is 425 g/mol. The second-order valence-electron chi connectivity index (χ2n) is 6.78. The molecule has 9 heteroatoms. The fourth-order valence-electron chi connectivity index (χ4n) is 3.01. The van der Waals surface area contributed by atoms with E-state index in [2.05, 4.69) is 5.32 Å². The first kappa shape index (κ1) is 22.9. The van der Waals surface area contributed by atoms with E-state index in [1.165, 1.54) is 22.6 Å². The van der Waals surface area contributed by atoms with Crippen LogP contribution in [0.1, 0.15) is 33.6 Å². The third kappa shape index (κ3) is 6.04. The number of hydrogen-bond donors (Lipinski definition) is 1. The highest BCUT2D eigenvalue weighted by atomic mass is 32.2. The van der Waals surface area contributed by atoms with E-state index in [1.54, 1.807) is 26.0 Å². The summed E-state index contributed by atoms with van der Waals surface area (Å²) in [5.41, 5.74) is 0.245. The van der Waals surface area contributed by atoms with Crippen LogP contribution in [-0.4, -0.2) is 51.0 Å². The number of anilines is 1. The molecule has 1 aliphatic rings. The first-order chi connectivity index (χ1) is 13.8. The lowest BCUT2D eigenvalue weighted by Crippen LogP contribution is -2.39. The Hall–Kier alpha value is -2.39. The number of piperidine rings is 1. The van der Waals surface area contributed by atoms with Crippen molar-refractivity contribution in [1.82, 2.24) is 4.31 Å². The molecule has 0 radical (unpaired) electrons. The lowest BCUT2D eigenvalue weighted by Gasteiger charge is -2.30. The number of benzene rings is 1. The summed E-state index contributed by atoms with van der Waals surface area (Å²) >= 11 is 0. The quantitative estimate of drug-likeness (QED) is 0.296. The predicted molar refractivity (Wildman–Crippen MR) is 109 cm³/mol. The van der Waals surface area contributed by atoms with Gasteiger partial charge in [0.1, 0.15) is 0 Å². The fraction of sp³-hybridized carbons (Fsp3) is 0.500. The van der Waals surface area contributed by atoms with Gasteiger partial charge in [0.2, 0.25) is 10.0 Å². The average Bonchev–Trinajstić information content (AvgIpc) is 2.69. The maximum Gasteiger partial charge on any atom is 0.347 e. The van der Waals surface area contributed by atoms with Crippen molar-refractivity contribution in [3.63, 3.8) is 0 Å². The zero-order valence-electron chi connectivity index (χ0n) is 17.0. The van der Waals surface area contributed by atoms with Crippen molar-refractivity contribution in [1.29, 1.82) is 0 Å². The third-order valence-corrected chi connectivity index (χ3v) is 6.37. The van der Waals surface area contributed by atoms with Crippen LogP contribution in [0.4, 0.5) is 5.69 Å². The SMILES string of the molecule is CCOC(=O)C(=CNc1ccc(S(=O)(=O)N2CCC[C@@H](C)C2)cc1)C(=O)OCC. The summed E-state index contributed by atoms with van der Waals surface area (Å²) in [6.07, 6.45) is 3.09. The summed E-state index contributed by atoms with van der Waals surface area (Å²) in [4.78, 5) is 24.1. The van der Waals surface area contributed by atoms with Crippen LogP contribution in [0.5, 0.6) is 0 Å². The van der Waals surface area contributed by atoms with Crippen LogP contribution in [-0.2, 0) is 29.1 Å². The minimum absolute atomic E-state index is 0.122. The molecule has 0 saturated carbocycles. The number of nitrogens with one attached hydrogen (secondary N) is 1. The van der Waals surface area contributed by atoms with Gasteiger partial charge in [-0.15, -0.1) is 0 Å². The molecule has 0 amide bonds. The van der Waals surface area contributed by atoms with Crippen LogP contribution < -0.4 is 5.32 Å². The second-order valence-corrected chi connectivity index (χ2v) is 8.72. The molecule has 160 valence electrons. The first-order valence-electron chi connectivity index (χ1n) is 9.70. The van der Waals surface area contributed by atoms with E-state index in [1.807, 2.05) is 6.92 Å². The molecule has 2 rings (SSSR count). The molecule has 1 heterocycles. The van der Waals surface area contributed by atoms with E-state index >= 15 is 0 Å². The molecule has 1 aliphatic heterocycles. The number of rotatable bonds is 8. The van der Waals surface area contributed by atoms with Gasteiger partial charge < -0.3 is 14.8 Å². The van der Waals surface area contributed by atoms with Crippen LogP contribution in [0, 0.1) is 5.92 Å². The summed E-state index contributed by atoms with van der Waals surface area (Å²) < 4.78 is 36.9. The van der Waals surface area contributed by atoms with Gasteiger partial charge >= 0.3 is 11.9 Å². The van der Waals surface area contributed by atoms with Crippen molar-refractivity contribution in [3.8, 4) is 0 Å². The van der Waals surface area contributed by atoms with Gasteiger partial charge in [-0.05, 0) is 56.9 Å². The summed E-state index contributed by atoms with van der Waals surface area (Å²) in [6.45, 7) is 6.61. The first-order valence-corrected chi connectivity index (χ1v) is 11.1. The molecule has 1 aromatic carbocycles. The molecule has 0 unspecified atom stereocenters. The number of nitrogens with zero attached hydrogens (tertiary/aromatic N) is 1. The Balaban J connectivity index is 2.15. The third-order valence-electron chi connectivity index (χ3n) is 4.49. The highest BCUT2D eigenvalue weighted by Crippen LogP contribution is 2.24. The van der Waals surface area contributed by atoms with Gasteiger partial charge in [-0.2, -0.15) is 4.31 Å². The zero-order valence-corrected chi connectivity index (χ0v) is 17.8. The molecule has 0 aliphatic carbocycles. The van der Waals surface area contributed by atoms with Gasteiger partial charge in [-0.1, -0.05) is 6.92 Å². The van der Waals surface area contributed by atoms with Crippen molar-refractivity contribution >= 4 is 27.6 Å². The van der Waals surface area contributed by atoms with E-state index in [4.69, 9.17) is 9.47 Å². The van der Waals surface area contributed by atoms with Crippen molar-refractivity contribution in [2.75, 3.05) is 31.6 Å². The number of sulfonamides is 1. The summed E-state index contributed by atoms with van der Waals surface area (Å²) in [6, 6.07) is 6.15. The molecule has 1 fully saturated rings. The van der Waals surface area contributed by atoms with Crippen LogP contribution in [0.15, 0.2) is 40.9 Å². The van der Waals surface area contributed by atoms with Crippen molar-refractivity contribution in [3.05, 3.63) is 36.0 Å². The Morgan fingerprint density at radius 3 is 2.24 bits per heavy atom.